The second-order valence-corrected chi connectivity index (χ2v) is 7.88. The highest BCUT2D eigenvalue weighted by atomic mass is 16.2. The van der Waals surface area contributed by atoms with Crippen LogP contribution in [0.3, 0.4) is 0 Å². The van der Waals surface area contributed by atoms with Gasteiger partial charge in [0.05, 0.1) is 6.54 Å². The molecule has 2 aliphatic rings. The lowest BCUT2D eigenvalue weighted by atomic mass is 9.67. The van der Waals surface area contributed by atoms with E-state index in [4.69, 9.17) is 0 Å². The molecule has 1 saturated heterocycles. The van der Waals surface area contributed by atoms with E-state index in [0.717, 1.165) is 30.4 Å². The molecule has 4 rings (SSSR count). The number of fused-ring (bicyclic) bond motifs is 1. The Morgan fingerprint density at radius 1 is 1.04 bits per heavy atom. The van der Waals surface area contributed by atoms with Crippen molar-refractivity contribution in [3.05, 3.63) is 70.8 Å². The van der Waals surface area contributed by atoms with Gasteiger partial charge in [-0.15, -0.1) is 0 Å². The van der Waals surface area contributed by atoms with Gasteiger partial charge in [-0.2, -0.15) is 0 Å². The maximum atomic E-state index is 13.3. The lowest BCUT2D eigenvalue weighted by Crippen LogP contribution is -2.53. The summed E-state index contributed by atoms with van der Waals surface area (Å²) in [6.07, 6.45) is 3.26. The number of piperidine rings is 1. The third-order valence-electron chi connectivity index (χ3n) is 6.38. The second-order valence-electron chi connectivity index (χ2n) is 7.88. The lowest BCUT2D eigenvalue weighted by molar-refractivity contribution is -0.155. The summed E-state index contributed by atoms with van der Waals surface area (Å²) in [6.45, 7) is 4.53. The van der Waals surface area contributed by atoms with Crippen LogP contribution in [0.15, 0.2) is 48.5 Å². The molecule has 1 heterocycles. The predicted octanol–water partition coefficient (Wildman–Crippen LogP) is 4.30. The Labute approximate surface area is 155 Å². The number of likely N-dealkylation sites (tertiary alicyclic amines) is 1. The molecule has 134 valence electrons. The Kier molecular flexibility index (Phi) is 4.18. The molecule has 3 heteroatoms. The number of carbonyl (C=O) groups is 2. The fourth-order valence-corrected chi connectivity index (χ4v) is 4.79. The van der Waals surface area contributed by atoms with E-state index in [1.165, 1.54) is 16.0 Å². The van der Waals surface area contributed by atoms with Gasteiger partial charge in [-0.1, -0.05) is 55.0 Å². The first-order valence-electron chi connectivity index (χ1n) is 9.47. The zero-order chi connectivity index (χ0) is 18.3. The molecule has 3 nitrogen and oxygen atoms in total. The van der Waals surface area contributed by atoms with Crippen LogP contribution in [-0.2, 0) is 21.5 Å². The number of carbonyl (C=O) groups excluding carboxylic acids is 2. The summed E-state index contributed by atoms with van der Waals surface area (Å²) >= 11 is 0. The van der Waals surface area contributed by atoms with E-state index >= 15 is 0 Å². The van der Waals surface area contributed by atoms with Crippen LogP contribution in [0.2, 0.25) is 0 Å². The van der Waals surface area contributed by atoms with Gasteiger partial charge in [0.25, 0.3) is 0 Å². The van der Waals surface area contributed by atoms with E-state index in [1.807, 2.05) is 24.3 Å². The van der Waals surface area contributed by atoms with Crippen LogP contribution in [-0.4, -0.2) is 16.7 Å². The summed E-state index contributed by atoms with van der Waals surface area (Å²) in [7, 11) is 0. The Hall–Kier alpha value is -2.42. The SMILES string of the molecule is Cc1ccc(CN2C(=O)CC3(c4ccccc4)CCCC3C2=O)cc1C. The number of nitrogens with zero attached hydrogens (tertiary/aromatic N) is 1. The first-order valence-corrected chi connectivity index (χ1v) is 9.47. The molecule has 0 aromatic heterocycles. The minimum atomic E-state index is -0.297. The van der Waals surface area contributed by atoms with Crippen molar-refractivity contribution in [1.82, 2.24) is 4.90 Å². The van der Waals surface area contributed by atoms with Crippen molar-refractivity contribution < 1.29 is 9.59 Å². The normalized spacial score (nSPS) is 25.5. The van der Waals surface area contributed by atoms with Crippen LogP contribution >= 0.6 is 0 Å². The molecule has 2 unspecified atom stereocenters. The molecule has 0 bridgehead atoms. The quantitative estimate of drug-likeness (QED) is 0.776. The molecule has 26 heavy (non-hydrogen) atoms. The molecule has 2 amide bonds. The van der Waals surface area contributed by atoms with Crippen LogP contribution in [0.4, 0.5) is 0 Å². The van der Waals surface area contributed by atoms with E-state index in [-0.39, 0.29) is 23.1 Å². The first kappa shape index (κ1) is 17.0. The fraction of sp³-hybridized carbons (Fsp3) is 0.391. The van der Waals surface area contributed by atoms with Gasteiger partial charge in [0, 0.05) is 17.8 Å². The van der Waals surface area contributed by atoms with Crippen molar-refractivity contribution in [2.24, 2.45) is 5.92 Å². The van der Waals surface area contributed by atoms with Gasteiger partial charge in [0.2, 0.25) is 11.8 Å². The molecular weight excluding hydrogens is 322 g/mol. The molecule has 2 aromatic carbocycles. The van der Waals surface area contributed by atoms with Crippen LogP contribution in [0, 0.1) is 19.8 Å². The minimum absolute atomic E-state index is 0.0147. The van der Waals surface area contributed by atoms with E-state index in [1.54, 1.807) is 0 Å². The maximum absolute atomic E-state index is 13.3. The summed E-state index contributed by atoms with van der Waals surface area (Å²) in [4.78, 5) is 27.7. The summed E-state index contributed by atoms with van der Waals surface area (Å²) in [6, 6.07) is 16.3. The molecule has 0 N–H and O–H groups in total. The summed E-state index contributed by atoms with van der Waals surface area (Å²) in [5.41, 5.74) is 4.30. The molecule has 0 spiro atoms. The maximum Gasteiger partial charge on any atom is 0.233 e. The van der Waals surface area contributed by atoms with Crippen molar-refractivity contribution >= 4 is 11.8 Å². The Bertz CT molecular complexity index is 858. The van der Waals surface area contributed by atoms with Crippen LogP contribution < -0.4 is 0 Å². The van der Waals surface area contributed by atoms with E-state index in [9.17, 15) is 9.59 Å². The number of benzene rings is 2. The third-order valence-corrected chi connectivity index (χ3v) is 6.38. The van der Waals surface area contributed by atoms with Crippen molar-refractivity contribution in [2.45, 2.75) is 51.5 Å². The fourth-order valence-electron chi connectivity index (χ4n) is 4.79. The van der Waals surface area contributed by atoms with E-state index in [2.05, 4.69) is 38.1 Å². The highest BCUT2D eigenvalue weighted by Crippen LogP contribution is 2.51. The topological polar surface area (TPSA) is 37.4 Å². The average Bonchev–Trinajstić information content (AvgIpc) is 3.07. The van der Waals surface area contributed by atoms with Gasteiger partial charge in [0.1, 0.15) is 0 Å². The number of aryl methyl sites for hydroxylation is 2. The third kappa shape index (κ3) is 2.66. The predicted molar refractivity (Wildman–Crippen MR) is 102 cm³/mol. The van der Waals surface area contributed by atoms with E-state index in [0.29, 0.717) is 13.0 Å². The minimum Gasteiger partial charge on any atom is -0.278 e. The Balaban J connectivity index is 1.64. The molecular formula is C23H25NO2. The second kappa shape index (κ2) is 6.39. The molecule has 1 aliphatic heterocycles. The summed E-state index contributed by atoms with van der Waals surface area (Å²) in [5.74, 6) is -0.0924. The van der Waals surface area contributed by atoms with Crippen LogP contribution in [0.5, 0.6) is 0 Å². The molecule has 1 aliphatic carbocycles. The van der Waals surface area contributed by atoms with Crippen molar-refractivity contribution in [1.29, 1.82) is 0 Å². The number of hydrogen-bond acceptors (Lipinski definition) is 2. The van der Waals surface area contributed by atoms with Crippen molar-refractivity contribution in [3.8, 4) is 0 Å². The highest BCUT2D eigenvalue weighted by Gasteiger charge is 2.54. The van der Waals surface area contributed by atoms with Crippen LogP contribution in [0.1, 0.15) is 47.9 Å². The standard InChI is InChI=1S/C23H25NO2/c1-16-10-11-18(13-17(16)2)15-24-21(25)14-23(19-7-4-3-5-8-19)12-6-9-20(23)22(24)26/h3-5,7-8,10-11,13,20H,6,9,12,14-15H2,1-2H3. The van der Waals surface area contributed by atoms with Crippen LogP contribution in [0.25, 0.3) is 0 Å². The Morgan fingerprint density at radius 2 is 1.81 bits per heavy atom. The smallest absolute Gasteiger partial charge is 0.233 e. The number of hydrogen-bond donors (Lipinski definition) is 0. The largest absolute Gasteiger partial charge is 0.278 e. The zero-order valence-electron chi connectivity index (χ0n) is 15.5. The van der Waals surface area contributed by atoms with E-state index < -0.39 is 0 Å². The zero-order valence-corrected chi connectivity index (χ0v) is 15.5. The summed E-state index contributed by atoms with van der Waals surface area (Å²) < 4.78 is 0. The van der Waals surface area contributed by atoms with Crippen molar-refractivity contribution in [2.75, 3.05) is 0 Å². The highest BCUT2D eigenvalue weighted by molar-refractivity contribution is 6.01. The van der Waals surface area contributed by atoms with Gasteiger partial charge in [-0.3, -0.25) is 14.5 Å². The molecule has 1 saturated carbocycles. The molecule has 0 radical (unpaired) electrons. The number of imide groups is 1. The average molecular weight is 347 g/mol. The van der Waals surface area contributed by atoms with Gasteiger partial charge in [-0.25, -0.2) is 0 Å². The molecule has 2 aromatic rings. The summed E-state index contributed by atoms with van der Waals surface area (Å²) in [5, 5.41) is 0. The molecule has 2 atom stereocenters. The van der Waals surface area contributed by atoms with Gasteiger partial charge in [0.15, 0.2) is 0 Å². The van der Waals surface area contributed by atoms with Gasteiger partial charge < -0.3 is 0 Å². The number of rotatable bonds is 3. The van der Waals surface area contributed by atoms with Crippen molar-refractivity contribution in [3.63, 3.8) is 0 Å². The lowest BCUT2D eigenvalue weighted by Gasteiger charge is -2.42. The monoisotopic (exact) mass is 347 g/mol. The Morgan fingerprint density at radius 3 is 2.54 bits per heavy atom. The van der Waals surface area contributed by atoms with Gasteiger partial charge in [-0.05, 0) is 48.9 Å². The first-order chi connectivity index (χ1) is 12.5. The van der Waals surface area contributed by atoms with Gasteiger partial charge >= 0.3 is 0 Å². The number of amides is 2. The molecule has 2 fully saturated rings.